The van der Waals surface area contributed by atoms with E-state index < -0.39 is 0 Å². The van der Waals surface area contributed by atoms with Gasteiger partial charge in [-0.3, -0.25) is 0 Å². The molecule has 182 valence electrons. The molecule has 3 aromatic rings. The van der Waals surface area contributed by atoms with Crippen LogP contribution in [-0.2, 0) is 0 Å². The number of hydrogen-bond acceptors (Lipinski definition) is 6. The van der Waals surface area contributed by atoms with Gasteiger partial charge in [0.15, 0.2) is 0 Å². The molecule has 1 heterocycles. The minimum Gasteiger partial charge on any atom is -0.494 e. The molecular formula is C28H37N3O2S. The van der Waals surface area contributed by atoms with Crippen LogP contribution >= 0.6 is 11.3 Å². The van der Waals surface area contributed by atoms with E-state index in [-0.39, 0.29) is 0 Å². The summed E-state index contributed by atoms with van der Waals surface area (Å²) in [4.78, 5) is 4.49. The van der Waals surface area contributed by atoms with Crippen LogP contribution in [0.5, 0.6) is 11.5 Å². The van der Waals surface area contributed by atoms with Crippen molar-refractivity contribution in [1.29, 1.82) is 0 Å². The Kier molecular flexibility index (Phi) is 11.0. The second kappa shape index (κ2) is 14.5. The minimum atomic E-state index is 0.557. The fourth-order valence-corrected chi connectivity index (χ4v) is 3.98. The van der Waals surface area contributed by atoms with Crippen molar-refractivity contribution in [2.24, 2.45) is 10.9 Å². The molecule has 0 saturated heterocycles. The number of unbranched alkanes of at least 4 members (excludes halogenated alkanes) is 5. The number of ether oxygens (including phenoxy) is 2. The highest BCUT2D eigenvalue weighted by atomic mass is 32.1. The average Bonchev–Trinajstić information content (AvgIpc) is 3.35. The summed E-state index contributed by atoms with van der Waals surface area (Å²) in [7, 11) is 0. The number of benzene rings is 2. The molecule has 0 bridgehead atoms. The number of nitrogens with zero attached hydrogens (tertiary/aromatic N) is 3. The Bertz CT molecular complexity index is 984. The molecule has 34 heavy (non-hydrogen) atoms. The second-order valence-corrected chi connectivity index (χ2v) is 9.64. The first-order chi connectivity index (χ1) is 16.7. The first-order valence-corrected chi connectivity index (χ1v) is 13.3. The third-order valence-electron chi connectivity index (χ3n) is 5.72. The summed E-state index contributed by atoms with van der Waals surface area (Å²) >= 11 is 1.47. The largest absolute Gasteiger partial charge is 0.494 e. The van der Waals surface area contributed by atoms with Gasteiger partial charge in [0.2, 0.25) is 5.13 Å². The zero-order chi connectivity index (χ0) is 24.0. The highest BCUT2D eigenvalue weighted by molar-refractivity contribution is 7.18. The van der Waals surface area contributed by atoms with Gasteiger partial charge in [0.1, 0.15) is 16.5 Å². The maximum Gasteiger partial charge on any atom is 0.231 e. The Morgan fingerprint density at radius 3 is 2.26 bits per heavy atom. The first-order valence-electron chi connectivity index (χ1n) is 12.5. The van der Waals surface area contributed by atoms with E-state index in [9.17, 15) is 0 Å². The Balaban J connectivity index is 1.46. The van der Waals surface area contributed by atoms with E-state index in [4.69, 9.17) is 9.47 Å². The van der Waals surface area contributed by atoms with Crippen molar-refractivity contribution in [1.82, 2.24) is 10.2 Å². The van der Waals surface area contributed by atoms with Crippen molar-refractivity contribution in [3.05, 3.63) is 54.1 Å². The average molecular weight is 480 g/mol. The molecule has 0 aliphatic rings. The molecule has 5 nitrogen and oxygen atoms in total. The lowest BCUT2D eigenvalue weighted by Crippen LogP contribution is -2.07. The number of rotatable bonds is 15. The van der Waals surface area contributed by atoms with Crippen LogP contribution in [0.3, 0.4) is 0 Å². The quantitative estimate of drug-likeness (QED) is 0.163. The molecule has 0 amide bonds. The summed E-state index contributed by atoms with van der Waals surface area (Å²) in [6, 6.07) is 16.0. The van der Waals surface area contributed by atoms with Gasteiger partial charge in [-0.15, -0.1) is 10.2 Å². The van der Waals surface area contributed by atoms with Gasteiger partial charge in [0.25, 0.3) is 0 Å². The Morgan fingerprint density at radius 1 is 0.853 bits per heavy atom. The molecule has 1 atom stereocenters. The summed E-state index contributed by atoms with van der Waals surface area (Å²) in [5, 5.41) is 9.99. The van der Waals surface area contributed by atoms with Gasteiger partial charge in [0.05, 0.1) is 13.2 Å². The lowest BCUT2D eigenvalue weighted by Gasteiger charge is -2.10. The Hall–Kier alpha value is -2.73. The molecule has 0 fully saturated rings. The summed E-state index contributed by atoms with van der Waals surface area (Å²) < 4.78 is 11.7. The van der Waals surface area contributed by atoms with Crippen LogP contribution in [0.4, 0.5) is 5.13 Å². The monoisotopic (exact) mass is 479 g/mol. The van der Waals surface area contributed by atoms with E-state index in [1.807, 2.05) is 54.7 Å². The fourth-order valence-electron chi connectivity index (χ4n) is 3.29. The lowest BCUT2D eigenvalue weighted by atomic mass is 10.1. The maximum atomic E-state index is 5.87. The maximum absolute atomic E-state index is 5.87. The first kappa shape index (κ1) is 25.9. The van der Waals surface area contributed by atoms with Gasteiger partial charge in [-0.2, -0.15) is 0 Å². The number of hydrogen-bond donors (Lipinski definition) is 0. The highest BCUT2D eigenvalue weighted by Crippen LogP contribution is 2.29. The predicted molar refractivity (Wildman–Crippen MR) is 143 cm³/mol. The number of aromatic nitrogens is 2. The van der Waals surface area contributed by atoms with Gasteiger partial charge in [-0.1, -0.05) is 70.6 Å². The zero-order valence-electron chi connectivity index (χ0n) is 20.7. The van der Waals surface area contributed by atoms with E-state index in [0.29, 0.717) is 11.0 Å². The van der Waals surface area contributed by atoms with Crippen LogP contribution in [0, 0.1) is 5.92 Å². The summed E-state index contributed by atoms with van der Waals surface area (Å²) in [5.74, 6) is 2.34. The van der Waals surface area contributed by atoms with Crippen molar-refractivity contribution in [2.45, 2.75) is 65.7 Å². The lowest BCUT2D eigenvalue weighted by molar-refractivity contribution is 0.256. The van der Waals surface area contributed by atoms with Crippen LogP contribution in [-0.4, -0.2) is 29.6 Å². The zero-order valence-corrected chi connectivity index (χ0v) is 21.5. The SMILES string of the molecule is CCCCCCCCOc1ccc(-c2nnc(/N=C/c3ccc(OC[C@@H](C)CC)cc3)s2)cc1. The molecule has 0 saturated carbocycles. The van der Waals surface area contributed by atoms with Gasteiger partial charge in [0, 0.05) is 11.8 Å². The number of aliphatic imine (C=N–C) groups is 1. The van der Waals surface area contributed by atoms with Gasteiger partial charge in [-0.05, 0) is 66.4 Å². The molecular weight excluding hydrogens is 442 g/mol. The molecule has 0 N–H and O–H groups in total. The molecule has 0 spiro atoms. The van der Waals surface area contributed by atoms with Gasteiger partial charge < -0.3 is 9.47 Å². The predicted octanol–water partition coefficient (Wildman–Crippen LogP) is 8.12. The molecule has 6 heteroatoms. The van der Waals surface area contributed by atoms with Crippen LogP contribution in [0.2, 0.25) is 0 Å². The van der Waals surface area contributed by atoms with Crippen LogP contribution < -0.4 is 9.47 Å². The Morgan fingerprint density at radius 2 is 1.53 bits per heavy atom. The second-order valence-electron chi connectivity index (χ2n) is 8.68. The molecule has 0 radical (unpaired) electrons. The fraction of sp³-hybridized carbons (Fsp3) is 0.464. The van der Waals surface area contributed by atoms with Crippen molar-refractivity contribution >= 4 is 22.7 Å². The van der Waals surface area contributed by atoms with Crippen molar-refractivity contribution in [3.8, 4) is 22.1 Å². The summed E-state index contributed by atoms with van der Waals surface area (Å²) in [5.41, 5.74) is 2.02. The minimum absolute atomic E-state index is 0.557. The smallest absolute Gasteiger partial charge is 0.231 e. The van der Waals surface area contributed by atoms with E-state index in [2.05, 4.69) is 36.0 Å². The molecule has 0 unspecified atom stereocenters. The molecule has 0 aliphatic carbocycles. The molecule has 0 aliphatic heterocycles. The van der Waals surface area contributed by atoms with Crippen LogP contribution in [0.15, 0.2) is 53.5 Å². The van der Waals surface area contributed by atoms with Crippen molar-refractivity contribution in [3.63, 3.8) is 0 Å². The molecule has 3 rings (SSSR count). The van der Waals surface area contributed by atoms with E-state index in [1.165, 1.54) is 43.4 Å². The summed E-state index contributed by atoms with van der Waals surface area (Å²) in [6.07, 6.45) is 10.5. The van der Waals surface area contributed by atoms with Crippen LogP contribution in [0.1, 0.15) is 71.3 Å². The third-order valence-corrected chi connectivity index (χ3v) is 6.60. The van der Waals surface area contributed by atoms with E-state index in [1.54, 1.807) is 0 Å². The molecule has 2 aromatic carbocycles. The topological polar surface area (TPSA) is 56.6 Å². The Labute approximate surface area is 208 Å². The van der Waals surface area contributed by atoms with Crippen molar-refractivity contribution in [2.75, 3.05) is 13.2 Å². The van der Waals surface area contributed by atoms with Gasteiger partial charge in [-0.25, -0.2) is 4.99 Å². The van der Waals surface area contributed by atoms with Gasteiger partial charge >= 0.3 is 0 Å². The third kappa shape index (κ3) is 8.90. The normalized spacial score (nSPS) is 12.2. The molecule has 1 aromatic heterocycles. The van der Waals surface area contributed by atoms with Crippen molar-refractivity contribution < 1.29 is 9.47 Å². The van der Waals surface area contributed by atoms with Crippen LogP contribution in [0.25, 0.3) is 10.6 Å². The highest BCUT2D eigenvalue weighted by Gasteiger charge is 2.06. The van der Waals surface area contributed by atoms with E-state index >= 15 is 0 Å². The standard InChI is InChI=1S/C28H37N3O2S/c1-4-6-7-8-9-10-19-32-25-17-13-24(14-18-25)27-30-31-28(34-27)29-20-23-11-15-26(16-12-23)33-21-22(3)5-2/h11-18,20,22H,4-10,19,21H2,1-3H3/b29-20+/t22-/m0/s1. The summed E-state index contributed by atoms with van der Waals surface area (Å²) in [6.45, 7) is 8.12. The van der Waals surface area contributed by atoms with E-state index in [0.717, 1.165) is 53.7 Å².